The number of hydrogen-bond acceptors (Lipinski definition) is 4. The molecule has 126 valence electrons. The molecule has 0 spiro atoms. The maximum Gasteiger partial charge on any atom is 0.117 e. The molecule has 1 fully saturated rings. The zero-order valence-electron chi connectivity index (χ0n) is 13.6. The summed E-state index contributed by atoms with van der Waals surface area (Å²) < 4.78 is 11.8. The molecule has 4 nitrogen and oxygen atoms in total. The second-order valence-corrected chi connectivity index (χ2v) is 6.15. The lowest BCUT2D eigenvalue weighted by Crippen LogP contribution is -2.65. The molecule has 0 radical (unpaired) electrons. The van der Waals surface area contributed by atoms with Crippen molar-refractivity contribution in [2.45, 2.75) is 56.4 Å². The first-order valence-corrected chi connectivity index (χ1v) is 7.94. The van der Waals surface area contributed by atoms with E-state index in [4.69, 9.17) is 9.47 Å². The molecule has 1 aliphatic heterocycles. The number of aliphatic hydroxyl groups is 2. The van der Waals surface area contributed by atoms with E-state index in [-0.39, 0.29) is 0 Å². The molecule has 5 atom stereocenters. The van der Waals surface area contributed by atoms with E-state index in [1.54, 1.807) is 19.1 Å². The average molecular weight is 318 g/mol. The molecule has 0 amide bonds. The summed E-state index contributed by atoms with van der Waals surface area (Å²) in [6.45, 7) is 9.38. The molecule has 0 bridgehead atoms. The van der Waals surface area contributed by atoms with Crippen LogP contribution in [-0.4, -0.2) is 40.2 Å². The van der Waals surface area contributed by atoms with E-state index < -0.39 is 30.0 Å². The van der Waals surface area contributed by atoms with Crippen molar-refractivity contribution >= 4 is 0 Å². The van der Waals surface area contributed by atoms with Crippen LogP contribution in [0.1, 0.15) is 25.3 Å². The zero-order chi connectivity index (χ0) is 16.9. The highest BCUT2D eigenvalue weighted by Gasteiger charge is 2.52. The predicted molar refractivity (Wildman–Crippen MR) is 89.9 cm³/mol. The molecule has 1 saturated heterocycles. The molecule has 2 rings (SSSR count). The van der Waals surface area contributed by atoms with Gasteiger partial charge in [0.15, 0.2) is 0 Å². The van der Waals surface area contributed by atoms with E-state index in [0.717, 1.165) is 5.56 Å². The predicted octanol–water partition coefficient (Wildman–Crippen LogP) is 2.60. The van der Waals surface area contributed by atoms with Gasteiger partial charge in [-0.15, -0.1) is 13.2 Å². The summed E-state index contributed by atoms with van der Waals surface area (Å²) in [5.74, 6) is 0. The smallest absolute Gasteiger partial charge is 0.117 e. The zero-order valence-corrected chi connectivity index (χ0v) is 13.6. The van der Waals surface area contributed by atoms with Crippen LogP contribution in [0.15, 0.2) is 55.6 Å². The lowest BCUT2D eigenvalue weighted by Gasteiger charge is -2.48. The molecule has 1 heterocycles. The Morgan fingerprint density at radius 3 is 2.48 bits per heavy atom. The van der Waals surface area contributed by atoms with E-state index in [9.17, 15) is 10.2 Å². The monoisotopic (exact) mass is 318 g/mol. The molecule has 0 aromatic heterocycles. The number of benzene rings is 1. The van der Waals surface area contributed by atoms with Crippen LogP contribution in [0.4, 0.5) is 0 Å². The van der Waals surface area contributed by atoms with Crippen LogP contribution in [0.2, 0.25) is 0 Å². The first-order valence-electron chi connectivity index (χ1n) is 7.94. The Labute approximate surface area is 138 Å². The first-order chi connectivity index (χ1) is 11.0. The third-order valence-electron chi connectivity index (χ3n) is 4.31. The largest absolute Gasteiger partial charge is 0.388 e. The van der Waals surface area contributed by atoms with E-state index in [0.29, 0.717) is 19.4 Å². The van der Waals surface area contributed by atoms with Crippen molar-refractivity contribution in [3.05, 3.63) is 61.2 Å². The topological polar surface area (TPSA) is 58.9 Å². The molecule has 1 aromatic rings. The van der Waals surface area contributed by atoms with Gasteiger partial charge in [-0.05, 0) is 25.3 Å². The Kier molecular flexibility index (Phi) is 6.13. The van der Waals surface area contributed by atoms with E-state index in [1.807, 2.05) is 30.3 Å². The summed E-state index contributed by atoms with van der Waals surface area (Å²) in [4.78, 5) is 0. The fourth-order valence-corrected chi connectivity index (χ4v) is 2.99. The highest BCUT2D eigenvalue weighted by molar-refractivity contribution is 5.14. The molecule has 0 unspecified atom stereocenters. The lowest BCUT2D eigenvalue weighted by atomic mass is 9.81. The normalized spacial score (nSPS) is 34.0. The second kappa shape index (κ2) is 7.88. The quantitative estimate of drug-likeness (QED) is 0.759. The van der Waals surface area contributed by atoms with Gasteiger partial charge in [0, 0.05) is 0 Å². The van der Waals surface area contributed by atoms with Gasteiger partial charge in [0.05, 0.1) is 18.8 Å². The maximum absolute atomic E-state index is 10.9. The van der Waals surface area contributed by atoms with E-state index in [1.165, 1.54) is 0 Å². The number of aliphatic hydroxyl groups excluding tert-OH is 1. The third-order valence-corrected chi connectivity index (χ3v) is 4.31. The van der Waals surface area contributed by atoms with E-state index in [2.05, 4.69) is 13.2 Å². The standard InChI is InChI=1S/C19H26O4/c1-4-9-15-17(20)18(19(3,21)16(23-15)10-5-2)22-13-14-11-7-6-8-12-14/h4-8,11-12,15-18,20-21H,1-2,9-10,13H2,3H3/t15-,16+,17-,18+,19+/m1/s1. The summed E-state index contributed by atoms with van der Waals surface area (Å²) in [6, 6.07) is 9.69. The van der Waals surface area contributed by atoms with Gasteiger partial charge in [0.2, 0.25) is 0 Å². The van der Waals surface area contributed by atoms with Crippen molar-refractivity contribution < 1.29 is 19.7 Å². The van der Waals surface area contributed by atoms with Crippen LogP contribution in [-0.2, 0) is 16.1 Å². The molecular weight excluding hydrogens is 292 g/mol. The minimum absolute atomic E-state index is 0.320. The van der Waals surface area contributed by atoms with Crippen LogP contribution in [0.3, 0.4) is 0 Å². The summed E-state index contributed by atoms with van der Waals surface area (Å²) in [5, 5.41) is 21.5. The summed E-state index contributed by atoms with van der Waals surface area (Å²) >= 11 is 0. The SMILES string of the molecule is C=CC[C@@H]1O[C@H](CC=C)[C@@H](O)[C@H](OCc2ccccc2)[C@@]1(C)O. The van der Waals surface area contributed by atoms with Crippen LogP contribution < -0.4 is 0 Å². The summed E-state index contributed by atoms with van der Waals surface area (Å²) in [7, 11) is 0. The number of rotatable bonds is 7. The minimum atomic E-state index is -1.31. The molecule has 2 N–H and O–H groups in total. The molecule has 1 aliphatic rings. The van der Waals surface area contributed by atoms with Crippen molar-refractivity contribution in [1.29, 1.82) is 0 Å². The summed E-state index contributed by atoms with van der Waals surface area (Å²) in [5.41, 5.74) is -0.317. The number of ether oxygens (including phenoxy) is 2. The Morgan fingerprint density at radius 2 is 1.87 bits per heavy atom. The van der Waals surface area contributed by atoms with Crippen molar-refractivity contribution in [2.24, 2.45) is 0 Å². The van der Waals surface area contributed by atoms with Crippen LogP contribution in [0, 0.1) is 0 Å². The molecular formula is C19H26O4. The van der Waals surface area contributed by atoms with Gasteiger partial charge in [0.25, 0.3) is 0 Å². The molecule has 4 heteroatoms. The van der Waals surface area contributed by atoms with Crippen molar-refractivity contribution in [3.63, 3.8) is 0 Å². The second-order valence-electron chi connectivity index (χ2n) is 6.15. The summed E-state index contributed by atoms with van der Waals surface area (Å²) in [6.07, 6.45) is 1.80. The van der Waals surface area contributed by atoms with E-state index >= 15 is 0 Å². The lowest BCUT2D eigenvalue weighted by molar-refractivity contribution is -0.275. The van der Waals surface area contributed by atoms with Gasteiger partial charge in [0.1, 0.15) is 17.8 Å². The third kappa shape index (κ3) is 4.09. The van der Waals surface area contributed by atoms with Crippen molar-refractivity contribution in [2.75, 3.05) is 0 Å². The van der Waals surface area contributed by atoms with Gasteiger partial charge >= 0.3 is 0 Å². The van der Waals surface area contributed by atoms with Gasteiger partial charge < -0.3 is 19.7 Å². The highest BCUT2D eigenvalue weighted by atomic mass is 16.6. The fraction of sp³-hybridized carbons (Fsp3) is 0.474. The van der Waals surface area contributed by atoms with Gasteiger partial charge in [-0.3, -0.25) is 0 Å². The Morgan fingerprint density at radius 1 is 1.22 bits per heavy atom. The Balaban J connectivity index is 2.16. The maximum atomic E-state index is 10.9. The Bertz CT molecular complexity index is 511. The van der Waals surface area contributed by atoms with Crippen LogP contribution in [0.5, 0.6) is 0 Å². The number of hydrogen-bond donors (Lipinski definition) is 2. The highest BCUT2D eigenvalue weighted by Crippen LogP contribution is 2.35. The molecule has 23 heavy (non-hydrogen) atoms. The van der Waals surface area contributed by atoms with Crippen LogP contribution >= 0.6 is 0 Å². The van der Waals surface area contributed by atoms with Crippen molar-refractivity contribution in [1.82, 2.24) is 0 Å². The average Bonchev–Trinajstić information content (AvgIpc) is 2.53. The molecule has 0 aliphatic carbocycles. The molecule has 0 saturated carbocycles. The van der Waals surface area contributed by atoms with Gasteiger partial charge in [-0.1, -0.05) is 42.5 Å². The van der Waals surface area contributed by atoms with Gasteiger partial charge in [-0.2, -0.15) is 0 Å². The van der Waals surface area contributed by atoms with Gasteiger partial charge in [-0.25, -0.2) is 0 Å². The molecule has 1 aromatic carbocycles. The van der Waals surface area contributed by atoms with Crippen molar-refractivity contribution in [3.8, 4) is 0 Å². The fourth-order valence-electron chi connectivity index (χ4n) is 2.99. The van der Waals surface area contributed by atoms with Crippen LogP contribution in [0.25, 0.3) is 0 Å². The Hall–Kier alpha value is -1.46. The minimum Gasteiger partial charge on any atom is -0.388 e. The first kappa shape index (κ1) is 17.9.